The monoisotopic (exact) mass is 490 g/mol. The van der Waals surface area contributed by atoms with Crippen molar-refractivity contribution in [1.29, 1.82) is 5.26 Å². The zero-order valence-corrected chi connectivity index (χ0v) is 18.3. The molecule has 0 atom stereocenters. The summed E-state index contributed by atoms with van der Waals surface area (Å²) in [7, 11) is 0. The predicted octanol–water partition coefficient (Wildman–Crippen LogP) is 7.14. The van der Waals surface area contributed by atoms with Crippen LogP contribution in [0.2, 0.25) is 10.0 Å². The number of nitriles is 1. The molecule has 0 aliphatic carbocycles. The lowest BCUT2D eigenvalue weighted by atomic mass is 10.1. The highest BCUT2D eigenvalue weighted by atomic mass is 35.5. The molecule has 3 aromatic rings. The standard InChI is InChI=1S/C24H15Cl2F3N2O2/c25-19-9-8-16(21(26)12-19)14-33-22-7-2-1-4-15(22)10-17(13-30)23(32)31-20-6-3-5-18(11-20)24(27,28)29/h1-12H,14H2,(H,31,32)/b17-10+. The van der Waals surface area contributed by atoms with Crippen molar-refractivity contribution in [1.82, 2.24) is 0 Å². The van der Waals surface area contributed by atoms with Crippen LogP contribution in [0.5, 0.6) is 5.75 Å². The molecule has 0 aromatic heterocycles. The molecule has 0 aliphatic rings. The van der Waals surface area contributed by atoms with Crippen molar-refractivity contribution in [3.63, 3.8) is 0 Å². The topological polar surface area (TPSA) is 62.1 Å². The lowest BCUT2D eigenvalue weighted by Gasteiger charge is -2.11. The Labute approximate surface area is 197 Å². The lowest BCUT2D eigenvalue weighted by Crippen LogP contribution is -2.14. The summed E-state index contributed by atoms with van der Waals surface area (Å²) in [5.41, 5.74) is -0.200. The van der Waals surface area contributed by atoms with E-state index in [9.17, 15) is 23.2 Å². The number of alkyl halides is 3. The maximum absolute atomic E-state index is 12.9. The van der Waals surface area contributed by atoms with Crippen molar-refractivity contribution in [3.8, 4) is 11.8 Å². The smallest absolute Gasteiger partial charge is 0.416 e. The van der Waals surface area contributed by atoms with Gasteiger partial charge in [-0.15, -0.1) is 0 Å². The van der Waals surface area contributed by atoms with Crippen molar-refractivity contribution >= 4 is 40.9 Å². The number of carbonyl (C=O) groups excluding carboxylic acids is 1. The average molecular weight is 491 g/mol. The van der Waals surface area contributed by atoms with Gasteiger partial charge in [-0.2, -0.15) is 18.4 Å². The molecule has 0 aliphatic heterocycles. The van der Waals surface area contributed by atoms with Crippen LogP contribution in [-0.4, -0.2) is 5.91 Å². The SMILES string of the molecule is N#C/C(=C\c1ccccc1OCc1ccc(Cl)cc1Cl)C(=O)Nc1cccc(C(F)(F)F)c1. The third-order valence-electron chi connectivity index (χ3n) is 4.43. The molecule has 9 heteroatoms. The van der Waals surface area contributed by atoms with Crippen molar-refractivity contribution in [2.75, 3.05) is 5.32 Å². The summed E-state index contributed by atoms with van der Waals surface area (Å²) in [5.74, 6) is -0.476. The summed E-state index contributed by atoms with van der Waals surface area (Å²) in [4.78, 5) is 12.5. The van der Waals surface area contributed by atoms with Gasteiger partial charge in [0, 0.05) is 26.9 Å². The number of hydrogen-bond donors (Lipinski definition) is 1. The molecule has 0 saturated heterocycles. The van der Waals surface area contributed by atoms with Crippen LogP contribution in [0, 0.1) is 11.3 Å². The van der Waals surface area contributed by atoms with Gasteiger partial charge in [0.1, 0.15) is 24.0 Å². The number of nitrogens with zero attached hydrogens (tertiary/aromatic N) is 1. The fourth-order valence-corrected chi connectivity index (χ4v) is 3.26. The molecule has 0 saturated carbocycles. The average Bonchev–Trinajstić information content (AvgIpc) is 2.77. The van der Waals surface area contributed by atoms with Crippen LogP contribution in [0.4, 0.5) is 18.9 Å². The fraction of sp³-hybridized carbons (Fsp3) is 0.0833. The molecule has 0 heterocycles. The lowest BCUT2D eigenvalue weighted by molar-refractivity contribution is -0.137. The van der Waals surface area contributed by atoms with E-state index in [0.717, 1.165) is 12.1 Å². The quantitative estimate of drug-likeness (QED) is 0.295. The summed E-state index contributed by atoms with van der Waals surface area (Å²) in [6, 6.07) is 17.6. The first-order chi connectivity index (χ1) is 15.7. The van der Waals surface area contributed by atoms with Crippen LogP contribution in [-0.2, 0) is 17.6 Å². The van der Waals surface area contributed by atoms with Gasteiger partial charge >= 0.3 is 6.18 Å². The maximum atomic E-state index is 12.9. The molecule has 0 spiro atoms. The second-order valence-corrected chi connectivity index (χ2v) is 7.61. The molecule has 0 fully saturated rings. The number of carbonyl (C=O) groups is 1. The number of amides is 1. The minimum atomic E-state index is -4.56. The minimum absolute atomic E-state index is 0.0853. The van der Waals surface area contributed by atoms with E-state index in [1.807, 2.05) is 0 Å². The minimum Gasteiger partial charge on any atom is -0.488 e. The Kier molecular flexibility index (Phi) is 7.64. The zero-order chi connectivity index (χ0) is 24.0. The van der Waals surface area contributed by atoms with Crippen LogP contribution < -0.4 is 10.1 Å². The molecule has 168 valence electrons. The highest BCUT2D eigenvalue weighted by molar-refractivity contribution is 6.35. The number of rotatable bonds is 6. The largest absolute Gasteiger partial charge is 0.488 e. The summed E-state index contributed by atoms with van der Waals surface area (Å²) in [5, 5.41) is 12.7. The first kappa shape index (κ1) is 24.2. The van der Waals surface area contributed by atoms with Crippen molar-refractivity contribution in [3.05, 3.63) is 99.0 Å². The van der Waals surface area contributed by atoms with E-state index in [-0.39, 0.29) is 17.9 Å². The van der Waals surface area contributed by atoms with Crippen molar-refractivity contribution in [2.45, 2.75) is 12.8 Å². The van der Waals surface area contributed by atoms with E-state index in [4.69, 9.17) is 27.9 Å². The second kappa shape index (κ2) is 10.4. The molecule has 0 unspecified atom stereocenters. The van der Waals surface area contributed by atoms with Gasteiger partial charge in [0.05, 0.1) is 5.56 Å². The van der Waals surface area contributed by atoms with E-state index in [1.165, 1.54) is 18.2 Å². The number of nitrogens with one attached hydrogen (secondary N) is 1. The normalized spacial score (nSPS) is 11.6. The van der Waals surface area contributed by atoms with Crippen LogP contribution >= 0.6 is 23.2 Å². The first-order valence-electron chi connectivity index (χ1n) is 9.43. The third-order valence-corrected chi connectivity index (χ3v) is 5.02. The summed E-state index contributed by atoms with van der Waals surface area (Å²) >= 11 is 12.1. The molecule has 4 nitrogen and oxygen atoms in total. The Morgan fingerprint density at radius 3 is 2.52 bits per heavy atom. The van der Waals surface area contributed by atoms with E-state index < -0.39 is 17.6 Å². The third kappa shape index (κ3) is 6.51. The van der Waals surface area contributed by atoms with Gasteiger partial charge in [-0.25, -0.2) is 0 Å². The second-order valence-electron chi connectivity index (χ2n) is 6.76. The highest BCUT2D eigenvalue weighted by Gasteiger charge is 2.30. The molecule has 1 N–H and O–H groups in total. The van der Waals surface area contributed by atoms with Crippen LogP contribution in [0.1, 0.15) is 16.7 Å². The molecule has 0 bridgehead atoms. The van der Waals surface area contributed by atoms with Gasteiger partial charge in [-0.05, 0) is 42.5 Å². The van der Waals surface area contributed by atoms with Crippen LogP contribution in [0.25, 0.3) is 6.08 Å². The maximum Gasteiger partial charge on any atom is 0.416 e. The molecule has 3 aromatic carbocycles. The van der Waals surface area contributed by atoms with Crippen molar-refractivity contribution in [2.24, 2.45) is 0 Å². The fourth-order valence-electron chi connectivity index (χ4n) is 2.80. The van der Waals surface area contributed by atoms with Crippen LogP contribution in [0.15, 0.2) is 72.3 Å². The summed E-state index contributed by atoms with van der Waals surface area (Å²) in [6.07, 6.45) is -3.26. The van der Waals surface area contributed by atoms with E-state index in [0.29, 0.717) is 26.9 Å². The van der Waals surface area contributed by atoms with Gasteiger partial charge in [0.15, 0.2) is 0 Å². The van der Waals surface area contributed by atoms with Gasteiger partial charge < -0.3 is 10.1 Å². The Morgan fingerprint density at radius 2 is 1.82 bits per heavy atom. The van der Waals surface area contributed by atoms with E-state index in [2.05, 4.69) is 5.32 Å². The van der Waals surface area contributed by atoms with Gasteiger partial charge in [-0.1, -0.05) is 53.5 Å². The summed E-state index contributed by atoms with van der Waals surface area (Å²) < 4.78 is 44.5. The number of ether oxygens (including phenoxy) is 1. The molecule has 3 rings (SSSR count). The van der Waals surface area contributed by atoms with Crippen molar-refractivity contribution < 1.29 is 22.7 Å². The number of halogens is 5. The number of para-hydroxylation sites is 1. The van der Waals surface area contributed by atoms with Gasteiger partial charge in [0.2, 0.25) is 0 Å². The molecule has 33 heavy (non-hydrogen) atoms. The number of anilines is 1. The predicted molar refractivity (Wildman–Crippen MR) is 121 cm³/mol. The Hall–Kier alpha value is -3.47. The number of benzene rings is 3. The molecular formula is C24H15Cl2F3N2O2. The van der Waals surface area contributed by atoms with Crippen LogP contribution in [0.3, 0.4) is 0 Å². The first-order valence-corrected chi connectivity index (χ1v) is 10.2. The Balaban J connectivity index is 1.80. The van der Waals surface area contributed by atoms with Gasteiger partial charge in [-0.3, -0.25) is 4.79 Å². The molecule has 1 amide bonds. The molecular weight excluding hydrogens is 476 g/mol. The Morgan fingerprint density at radius 1 is 1.06 bits per heavy atom. The van der Waals surface area contributed by atoms with Gasteiger partial charge in [0.25, 0.3) is 5.91 Å². The molecule has 0 radical (unpaired) electrons. The Bertz CT molecular complexity index is 1250. The van der Waals surface area contributed by atoms with E-state index >= 15 is 0 Å². The highest BCUT2D eigenvalue weighted by Crippen LogP contribution is 2.31. The van der Waals surface area contributed by atoms with E-state index in [1.54, 1.807) is 48.5 Å². The summed E-state index contributed by atoms with van der Waals surface area (Å²) in [6.45, 7) is 0.110. The zero-order valence-electron chi connectivity index (χ0n) is 16.8. The number of hydrogen-bond acceptors (Lipinski definition) is 3.